The third-order valence-corrected chi connectivity index (χ3v) is 6.31. The van der Waals surface area contributed by atoms with Crippen LogP contribution in [0.15, 0.2) is 36.5 Å². The van der Waals surface area contributed by atoms with Gasteiger partial charge in [0.25, 0.3) is 0 Å². The molecule has 0 saturated carbocycles. The normalized spacial score (nSPS) is 17.9. The van der Waals surface area contributed by atoms with E-state index in [4.69, 9.17) is 0 Å². The van der Waals surface area contributed by atoms with Crippen molar-refractivity contribution in [3.8, 4) is 0 Å². The van der Waals surface area contributed by atoms with Gasteiger partial charge in [0.1, 0.15) is 5.41 Å². The summed E-state index contributed by atoms with van der Waals surface area (Å²) >= 11 is 0. The molecule has 0 bridgehead atoms. The fourth-order valence-corrected chi connectivity index (χ4v) is 3.97. The summed E-state index contributed by atoms with van der Waals surface area (Å²) in [5.74, 6) is -0.277. The van der Waals surface area contributed by atoms with Crippen molar-refractivity contribution in [2.75, 3.05) is 0 Å². The molecule has 1 unspecified atom stereocenters. The van der Waals surface area contributed by atoms with Gasteiger partial charge in [0.2, 0.25) is 5.91 Å². The number of alkyl halides is 3. The average Bonchev–Trinajstić information content (AvgIpc) is 3.19. The van der Waals surface area contributed by atoms with Crippen LogP contribution in [0.5, 0.6) is 0 Å². The number of hydrogen-bond donors (Lipinski definition) is 2. The molecule has 0 saturated heterocycles. The van der Waals surface area contributed by atoms with Gasteiger partial charge in [-0.15, -0.1) is 0 Å². The summed E-state index contributed by atoms with van der Waals surface area (Å²) in [5, 5.41) is 11.0. The highest BCUT2D eigenvalue weighted by atomic mass is 19.4. The molecule has 5 nitrogen and oxygen atoms in total. The van der Waals surface area contributed by atoms with Crippen molar-refractivity contribution in [3.05, 3.63) is 59.0 Å². The van der Waals surface area contributed by atoms with Crippen molar-refractivity contribution in [3.63, 3.8) is 0 Å². The number of rotatable bonds is 4. The summed E-state index contributed by atoms with van der Waals surface area (Å²) in [6.45, 7) is 4.22. The second kappa shape index (κ2) is 7.66. The van der Waals surface area contributed by atoms with Gasteiger partial charge in [-0.25, -0.2) is 0 Å². The van der Waals surface area contributed by atoms with E-state index in [1.54, 1.807) is 12.3 Å². The lowest BCUT2D eigenvalue weighted by Crippen LogP contribution is -2.38. The number of nitrogens with one attached hydrogen (secondary N) is 2. The van der Waals surface area contributed by atoms with Gasteiger partial charge in [0.15, 0.2) is 0 Å². The molecule has 0 aliphatic heterocycles. The van der Waals surface area contributed by atoms with Gasteiger partial charge in [-0.2, -0.15) is 18.3 Å². The SMILES string of the molecule is CC(NC(=O)[C@H]1CCc2nc(C(C)(C)C(F)(F)F)ccc2C1)c1ccc2[nH]ncc2c1. The summed E-state index contributed by atoms with van der Waals surface area (Å²) < 4.78 is 40.1. The average molecular weight is 430 g/mol. The van der Waals surface area contributed by atoms with Crippen molar-refractivity contribution >= 4 is 16.8 Å². The molecule has 1 amide bonds. The zero-order chi connectivity index (χ0) is 22.4. The predicted molar refractivity (Wildman–Crippen MR) is 111 cm³/mol. The first-order valence-corrected chi connectivity index (χ1v) is 10.4. The Hall–Kier alpha value is -2.90. The highest BCUT2D eigenvalue weighted by molar-refractivity contribution is 5.81. The fourth-order valence-electron chi connectivity index (χ4n) is 3.97. The van der Waals surface area contributed by atoms with E-state index in [0.717, 1.165) is 35.9 Å². The van der Waals surface area contributed by atoms with Crippen molar-refractivity contribution < 1.29 is 18.0 Å². The van der Waals surface area contributed by atoms with Crippen LogP contribution in [0.2, 0.25) is 0 Å². The highest BCUT2D eigenvalue weighted by Gasteiger charge is 2.49. The Balaban J connectivity index is 1.45. The first-order chi connectivity index (χ1) is 14.6. The quantitative estimate of drug-likeness (QED) is 0.626. The summed E-state index contributed by atoms with van der Waals surface area (Å²) in [7, 11) is 0. The van der Waals surface area contributed by atoms with Crippen LogP contribution in [-0.2, 0) is 23.1 Å². The second-order valence-corrected chi connectivity index (χ2v) is 8.81. The summed E-state index contributed by atoms with van der Waals surface area (Å²) in [4.78, 5) is 17.2. The van der Waals surface area contributed by atoms with Gasteiger partial charge in [0.05, 0.1) is 23.4 Å². The minimum Gasteiger partial charge on any atom is -0.349 e. The van der Waals surface area contributed by atoms with E-state index in [2.05, 4.69) is 20.5 Å². The molecule has 8 heteroatoms. The van der Waals surface area contributed by atoms with Crippen LogP contribution in [0.4, 0.5) is 13.2 Å². The largest absolute Gasteiger partial charge is 0.399 e. The Labute approximate surface area is 178 Å². The van der Waals surface area contributed by atoms with E-state index < -0.39 is 11.6 Å². The Morgan fingerprint density at radius 3 is 2.74 bits per heavy atom. The molecule has 4 rings (SSSR count). The molecule has 1 aromatic carbocycles. The molecule has 3 aromatic rings. The number of pyridine rings is 1. The lowest BCUT2D eigenvalue weighted by Gasteiger charge is -2.30. The number of aromatic nitrogens is 3. The van der Waals surface area contributed by atoms with Gasteiger partial charge in [-0.1, -0.05) is 12.1 Å². The fraction of sp³-hybridized carbons (Fsp3) is 0.435. The number of carbonyl (C=O) groups is 1. The van der Waals surface area contributed by atoms with Crippen LogP contribution in [-0.4, -0.2) is 27.3 Å². The van der Waals surface area contributed by atoms with Gasteiger partial charge in [-0.05, 0) is 69.4 Å². The molecule has 2 atom stereocenters. The summed E-state index contributed by atoms with van der Waals surface area (Å²) in [6, 6.07) is 8.85. The van der Waals surface area contributed by atoms with E-state index in [1.165, 1.54) is 6.07 Å². The Bertz CT molecular complexity index is 1120. The molecule has 0 radical (unpaired) electrons. The zero-order valence-electron chi connectivity index (χ0n) is 17.7. The van der Waals surface area contributed by atoms with Gasteiger partial charge in [0, 0.05) is 17.0 Å². The molecular weight excluding hydrogens is 405 g/mol. The Morgan fingerprint density at radius 1 is 1.23 bits per heavy atom. The van der Waals surface area contributed by atoms with E-state index in [1.807, 2.05) is 25.1 Å². The van der Waals surface area contributed by atoms with Gasteiger partial charge in [-0.3, -0.25) is 14.9 Å². The number of benzene rings is 1. The molecule has 2 heterocycles. The van der Waals surface area contributed by atoms with Crippen LogP contribution in [0, 0.1) is 5.92 Å². The lowest BCUT2D eigenvalue weighted by atomic mass is 9.83. The van der Waals surface area contributed by atoms with Gasteiger partial charge < -0.3 is 5.32 Å². The smallest absolute Gasteiger partial charge is 0.349 e. The van der Waals surface area contributed by atoms with Crippen LogP contribution >= 0.6 is 0 Å². The third-order valence-electron chi connectivity index (χ3n) is 6.31. The predicted octanol–water partition coefficient (Wildman–Crippen LogP) is 4.78. The molecule has 2 aromatic heterocycles. The van der Waals surface area contributed by atoms with E-state index in [-0.39, 0.29) is 23.6 Å². The summed E-state index contributed by atoms with van der Waals surface area (Å²) in [5.41, 5.74) is 1.44. The second-order valence-electron chi connectivity index (χ2n) is 8.81. The molecule has 31 heavy (non-hydrogen) atoms. The highest BCUT2D eigenvalue weighted by Crippen LogP contribution is 2.40. The first-order valence-electron chi connectivity index (χ1n) is 10.4. The van der Waals surface area contributed by atoms with E-state index >= 15 is 0 Å². The summed E-state index contributed by atoms with van der Waals surface area (Å²) in [6.07, 6.45) is -1.10. The molecule has 1 aliphatic carbocycles. The van der Waals surface area contributed by atoms with E-state index in [9.17, 15) is 18.0 Å². The topological polar surface area (TPSA) is 70.7 Å². The minimum atomic E-state index is -4.37. The molecule has 0 spiro atoms. The number of carbonyl (C=O) groups excluding carboxylic acids is 1. The maximum absolute atomic E-state index is 13.4. The monoisotopic (exact) mass is 430 g/mol. The number of H-pyrrole nitrogens is 1. The number of aryl methyl sites for hydroxylation is 1. The van der Waals surface area contributed by atoms with Crippen molar-refractivity contribution in [2.24, 2.45) is 5.92 Å². The maximum Gasteiger partial charge on any atom is 0.399 e. The lowest BCUT2D eigenvalue weighted by molar-refractivity contribution is -0.181. The number of fused-ring (bicyclic) bond motifs is 2. The minimum absolute atomic E-state index is 0.0184. The number of nitrogens with zero attached hydrogens (tertiary/aromatic N) is 2. The molecule has 164 valence electrons. The van der Waals surface area contributed by atoms with Crippen molar-refractivity contribution in [1.82, 2.24) is 20.5 Å². The van der Waals surface area contributed by atoms with Crippen LogP contribution in [0.25, 0.3) is 10.9 Å². The number of hydrogen-bond acceptors (Lipinski definition) is 3. The number of aromatic amines is 1. The third kappa shape index (κ3) is 4.03. The van der Waals surface area contributed by atoms with Crippen molar-refractivity contribution in [2.45, 2.75) is 57.7 Å². The molecule has 1 aliphatic rings. The van der Waals surface area contributed by atoms with Crippen LogP contribution < -0.4 is 5.32 Å². The van der Waals surface area contributed by atoms with Crippen molar-refractivity contribution in [1.29, 1.82) is 0 Å². The standard InChI is InChI=1S/C23H25F3N4O/c1-13(14-4-8-19-17(10-14)12-27-30-19)28-21(31)16-5-7-18-15(11-16)6-9-20(29-18)22(2,3)23(24,25)26/h4,6,8-10,12-13,16H,5,7,11H2,1-3H3,(H,27,30)(H,28,31)/t13?,16-/m0/s1. The first kappa shape index (κ1) is 21.3. The Morgan fingerprint density at radius 2 is 2.00 bits per heavy atom. The van der Waals surface area contributed by atoms with Gasteiger partial charge >= 0.3 is 6.18 Å². The van der Waals surface area contributed by atoms with Crippen LogP contribution in [0.1, 0.15) is 55.7 Å². The zero-order valence-corrected chi connectivity index (χ0v) is 17.7. The van der Waals surface area contributed by atoms with E-state index in [0.29, 0.717) is 25.0 Å². The molecule has 0 fully saturated rings. The number of halogens is 3. The molecular formula is C23H25F3N4O. The maximum atomic E-state index is 13.4. The van der Waals surface area contributed by atoms with Crippen LogP contribution in [0.3, 0.4) is 0 Å². The molecule has 2 N–H and O–H groups in total. The Kier molecular flexibility index (Phi) is 5.27. The number of amides is 1.